The second-order valence-electron chi connectivity index (χ2n) is 7.81. The summed E-state index contributed by atoms with van der Waals surface area (Å²) >= 11 is 0. The third kappa shape index (κ3) is 3.03. The van der Waals surface area contributed by atoms with Crippen LogP contribution in [0.3, 0.4) is 0 Å². The topological polar surface area (TPSA) is 52.9 Å². The van der Waals surface area contributed by atoms with Gasteiger partial charge < -0.3 is 23.7 Å². The molecule has 1 aromatic heterocycles. The van der Waals surface area contributed by atoms with Crippen molar-refractivity contribution in [3.8, 4) is 22.9 Å². The number of aromatic nitrogens is 1. The number of hydrogen-bond acceptors (Lipinski definition) is 4. The predicted octanol–water partition coefficient (Wildman–Crippen LogP) is 4.16. The molecule has 0 atom stereocenters. The van der Waals surface area contributed by atoms with Crippen molar-refractivity contribution in [2.45, 2.75) is 18.4 Å². The molecule has 0 N–H and O–H groups in total. The second-order valence-corrected chi connectivity index (χ2v) is 7.81. The van der Waals surface area contributed by atoms with Gasteiger partial charge in [0.2, 0.25) is 0 Å². The maximum absolute atomic E-state index is 14.6. The SMILES string of the molecule is COc1cc(F)c(C(=O)N2CCC3(CC2)Oc2ccccc2-n2cccc23)cc1OC. The fourth-order valence-corrected chi connectivity index (χ4v) is 4.59. The molecule has 2 aromatic carbocycles. The standard InChI is InChI=1S/C24H23FN2O4/c1-29-20-14-16(17(25)15-21(20)30-2)23(28)26-12-9-24(10-13-26)22-8-5-11-27(22)18-6-3-4-7-19(18)31-24/h3-8,11,14-15H,9-10,12-13H2,1-2H3. The normalized spacial score (nSPS) is 16.3. The number of nitrogens with zero attached hydrogens (tertiary/aromatic N) is 2. The number of methoxy groups -OCH3 is 2. The minimum atomic E-state index is -0.625. The fraction of sp³-hybridized carbons (Fsp3) is 0.292. The molecule has 1 saturated heterocycles. The number of ether oxygens (including phenoxy) is 3. The number of halogens is 1. The number of piperidine rings is 1. The van der Waals surface area contributed by atoms with Crippen LogP contribution in [-0.2, 0) is 5.60 Å². The summed E-state index contributed by atoms with van der Waals surface area (Å²) < 4.78 is 33.6. The van der Waals surface area contributed by atoms with Gasteiger partial charge in [-0.25, -0.2) is 4.39 Å². The van der Waals surface area contributed by atoms with Crippen LogP contribution in [0.25, 0.3) is 5.69 Å². The van der Waals surface area contributed by atoms with Crippen molar-refractivity contribution in [2.75, 3.05) is 27.3 Å². The lowest BCUT2D eigenvalue weighted by Crippen LogP contribution is -2.50. The zero-order chi connectivity index (χ0) is 21.6. The van der Waals surface area contributed by atoms with Crippen LogP contribution in [0.15, 0.2) is 54.7 Å². The molecule has 1 fully saturated rings. The van der Waals surface area contributed by atoms with Gasteiger partial charge in [-0.3, -0.25) is 4.79 Å². The Labute approximate surface area is 179 Å². The number of benzene rings is 2. The van der Waals surface area contributed by atoms with E-state index in [-0.39, 0.29) is 17.2 Å². The van der Waals surface area contributed by atoms with E-state index in [4.69, 9.17) is 14.2 Å². The number of amides is 1. The predicted molar refractivity (Wildman–Crippen MR) is 113 cm³/mol. The van der Waals surface area contributed by atoms with Gasteiger partial charge in [0, 0.05) is 38.2 Å². The van der Waals surface area contributed by atoms with Crippen LogP contribution in [-0.4, -0.2) is 42.7 Å². The Morgan fingerprint density at radius 2 is 1.74 bits per heavy atom. The highest BCUT2D eigenvalue weighted by molar-refractivity contribution is 5.95. The third-order valence-corrected chi connectivity index (χ3v) is 6.21. The zero-order valence-electron chi connectivity index (χ0n) is 17.4. The summed E-state index contributed by atoms with van der Waals surface area (Å²) in [5, 5.41) is 0. The maximum Gasteiger partial charge on any atom is 0.256 e. The summed E-state index contributed by atoms with van der Waals surface area (Å²) in [6.07, 6.45) is 3.27. The third-order valence-electron chi connectivity index (χ3n) is 6.21. The number of likely N-dealkylation sites (tertiary alicyclic amines) is 1. The molecule has 0 unspecified atom stereocenters. The molecule has 31 heavy (non-hydrogen) atoms. The Kier molecular flexibility index (Phi) is 4.61. The average Bonchev–Trinajstić information content (AvgIpc) is 3.30. The van der Waals surface area contributed by atoms with Crippen molar-refractivity contribution in [1.29, 1.82) is 0 Å². The highest BCUT2D eigenvalue weighted by Crippen LogP contribution is 2.45. The molecule has 5 rings (SSSR count). The smallest absolute Gasteiger partial charge is 0.256 e. The Bertz CT molecular complexity index is 1150. The van der Waals surface area contributed by atoms with Crippen LogP contribution in [0.1, 0.15) is 28.9 Å². The molecular formula is C24H23FN2O4. The van der Waals surface area contributed by atoms with Gasteiger partial charge >= 0.3 is 0 Å². The molecule has 1 amide bonds. The molecule has 7 heteroatoms. The average molecular weight is 422 g/mol. The lowest BCUT2D eigenvalue weighted by molar-refractivity contribution is -0.00942. The van der Waals surface area contributed by atoms with Gasteiger partial charge in [-0.15, -0.1) is 0 Å². The highest BCUT2D eigenvalue weighted by Gasteiger charge is 2.44. The molecule has 2 aliphatic heterocycles. The number of para-hydroxylation sites is 2. The lowest BCUT2D eigenvalue weighted by atomic mass is 9.86. The number of carbonyl (C=O) groups is 1. The molecule has 1 spiro atoms. The summed E-state index contributed by atoms with van der Waals surface area (Å²) in [7, 11) is 2.89. The summed E-state index contributed by atoms with van der Waals surface area (Å²) in [5.74, 6) is 0.423. The highest BCUT2D eigenvalue weighted by atomic mass is 19.1. The van der Waals surface area contributed by atoms with E-state index < -0.39 is 11.4 Å². The van der Waals surface area contributed by atoms with Crippen molar-refractivity contribution >= 4 is 5.91 Å². The second kappa shape index (κ2) is 7.34. The first-order chi connectivity index (χ1) is 15.1. The molecule has 2 aliphatic rings. The molecule has 3 heterocycles. The molecule has 3 aromatic rings. The molecule has 0 aliphatic carbocycles. The summed E-state index contributed by atoms with van der Waals surface area (Å²) in [5.41, 5.74) is 1.56. The van der Waals surface area contributed by atoms with E-state index in [1.807, 2.05) is 36.5 Å². The molecule has 0 radical (unpaired) electrons. The molecular weight excluding hydrogens is 399 g/mol. The van der Waals surface area contributed by atoms with E-state index in [0.29, 0.717) is 31.7 Å². The van der Waals surface area contributed by atoms with E-state index in [1.165, 1.54) is 26.4 Å². The zero-order valence-corrected chi connectivity index (χ0v) is 17.4. The minimum Gasteiger partial charge on any atom is -0.493 e. The lowest BCUT2D eigenvalue weighted by Gasteiger charge is -2.45. The van der Waals surface area contributed by atoms with Crippen molar-refractivity contribution in [1.82, 2.24) is 9.47 Å². The van der Waals surface area contributed by atoms with E-state index in [0.717, 1.165) is 17.1 Å². The van der Waals surface area contributed by atoms with Gasteiger partial charge in [0.15, 0.2) is 17.1 Å². The Hall–Kier alpha value is -3.48. The number of hydrogen-bond donors (Lipinski definition) is 0. The van der Waals surface area contributed by atoms with Crippen LogP contribution in [0.5, 0.6) is 17.2 Å². The van der Waals surface area contributed by atoms with E-state index >= 15 is 0 Å². The van der Waals surface area contributed by atoms with Crippen LogP contribution < -0.4 is 14.2 Å². The monoisotopic (exact) mass is 422 g/mol. The van der Waals surface area contributed by atoms with Crippen molar-refractivity contribution in [2.24, 2.45) is 0 Å². The Balaban J connectivity index is 1.40. The first-order valence-corrected chi connectivity index (χ1v) is 10.2. The Morgan fingerprint density at radius 1 is 1.03 bits per heavy atom. The van der Waals surface area contributed by atoms with E-state index in [9.17, 15) is 9.18 Å². The van der Waals surface area contributed by atoms with Crippen LogP contribution in [0, 0.1) is 5.82 Å². The quantitative estimate of drug-likeness (QED) is 0.636. The van der Waals surface area contributed by atoms with Gasteiger partial charge in [-0.2, -0.15) is 0 Å². The van der Waals surface area contributed by atoms with Gasteiger partial charge in [0.1, 0.15) is 11.6 Å². The van der Waals surface area contributed by atoms with Crippen LogP contribution in [0.2, 0.25) is 0 Å². The van der Waals surface area contributed by atoms with Gasteiger partial charge in [0.25, 0.3) is 5.91 Å². The molecule has 0 saturated carbocycles. The van der Waals surface area contributed by atoms with Crippen LogP contribution >= 0.6 is 0 Å². The number of rotatable bonds is 3. The van der Waals surface area contributed by atoms with Crippen LogP contribution in [0.4, 0.5) is 4.39 Å². The van der Waals surface area contributed by atoms with Gasteiger partial charge in [0.05, 0.1) is 31.2 Å². The van der Waals surface area contributed by atoms with Gasteiger partial charge in [-0.1, -0.05) is 12.1 Å². The summed E-state index contributed by atoms with van der Waals surface area (Å²) in [6.45, 7) is 0.917. The molecule has 0 bridgehead atoms. The number of fused-ring (bicyclic) bond motifs is 4. The fourth-order valence-electron chi connectivity index (χ4n) is 4.59. The minimum absolute atomic E-state index is 0.0214. The summed E-state index contributed by atoms with van der Waals surface area (Å²) in [6, 6.07) is 14.6. The number of carbonyl (C=O) groups excluding carboxylic acids is 1. The van der Waals surface area contributed by atoms with E-state index in [1.54, 1.807) is 4.90 Å². The molecule has 6 nitrogen and oxygen atoms in total. The van der Waals surface area contributed by atoms with Gasteiger partial charge in [-0.05, 0) is 30.3 Å². The first-order valence-electron chi connectivity index (χ1n) is 10.2. The van der Waals surface area contributed by atoms with Crippen molar-refractivity contribution in [3.05, 3.63) is 71.8 Å². The molecule has 160 valence electrons. The first kappa shape index (κ1) is 19.5. The summed E-state index contributed by atoms with van der Waals surface area (Å²) in [4.78, 5) is 14.8. The maximum atomic E-state index is 14.6. The van der Waals surface area contributed by atoms with Crippen molar-refractivity contribution < 1.29 is 23.4 Å². The largest absolute Gasteiger partial charge is 0.493 e. The Morgan fingerprint density at radius 3 is 2.48 bits per heavy atom. The van der Waals surface area contributed by atoms with E-state index in [2.05, 4.69) is 10.6 Å². The van der Waals surface area contributed by atoms with Crippen molar-refractivity contribution in [3.63, 3.8) is 0 Å².